The van der Waals surface area contributed by atoms with Gasteiger partial charge in [-0.1, -0.05) is 0 Å². The van der Waals surface area contributed by atoms with Crippen molar-refractivity contribution in [1.29, 1.82) is 5.26 Å². The summed E-state index contributed by atoms with van der Waals surface area (Å²) in [7, 11) is 0. The summed E-state index contributed by atoms with van der Waals surface area (Å²) in [5.74, 6) is -3.38. The van der Waals surface area contributed by atoms with E-state index in [1.165, 1.54) is 6.07 Å². The van der Waals surface area contributed by atoms with E-state index in [2.05, 4.69) is 5.32 Å². The number of benzene rings is 1. The van der Waals surface area contributed by atoms with Gasteiger partial charge in [0.05, 0.1) is 40.3 Å². The van der Waals surface area contributed by atoms with E-state index in [4.69, 9.17) is 14.7 Å². The number of alkyl halides is 3. The predicted molar refractivity (Wildman–Crippen MR) is 107 cm³/mol. The van der Waals surface area contributed by atoms with E-state index in [1.54, 1.807) is 27.7 Å². The summed E-state index contributed by atoms with van der Waals surface area (Å²) in [6.45, 7) is 6.71. The van der Waals surface area contributed by atoms with Crippen LogP contribution in [0.2, 0.25) is 0 Å². The summed E-state index contributed by atoms with van der Waals surface area (Å²) in [5, 5.41) is 11.6. The first-order valence-electron chi connectivity index (χ1n) is 10.4. The molecule has 1 aromatic carbocycles. The van der Waals surface area contributed by atoms with Crippen molar-refractivity contribution in [3.63, 3.8) is 0 Å². The molecule has 1 aromatic rings. The Labute approximate surface area is 187 Å². The Kier molecular flexibility index (Phi) is 5.02. The number of nitrogens with zero attached hydrogens (tertiary/aromatic N) is 2. The molecular formula is C22H22F3N3O5. The summed E-state index contributed by atoms with van der Waals surface area (Å²) < 4.78 is 51.9. The van der Waals surface area contributed by atoms with Crippen molar-refractivity contribution in [2.24, 2.45) is 11.8 Å². The van der Waals surface area contributed by atoms with Gasteiger partial charge in [0, 0.05) is 12.5 Å². The molecule has 2 bridgehead atoms. The van der Waals surface area contributed by atoms with Crippen LogP contribution in [-0.2, 0) is 25.2 Å². The normalized spacial score (nSPS) is 32.8. The number of alkyl carbamates (subject to hydrolysis) is 1. The van der Waals surface area contributed by atoms with Gasteiger partial charge < -0.3 is 14.8 Å². The van der Waals surface area contributed by atoms with Crippen LogP contribution >= 0.6 is 0 Å². The molecule has 5 unspecified atom stereocenters. The van der Waals surface area contributed by atoms with E-state index < -0.39 is 64.4 Å². The van der Waals surface area contributed by atoms with Crippen LogP contribution in [-0.4, -0.2) is 41.3 Å². The van der Waals surface area contributed by atoms with Crippen LogP contribution in [0.5, 0.6) is 0 Å². The average Bonchev–Trinajstić information content (AvgIpc) is 3.21. The average molecular weight is 465 g/mol. The van der Waals surface area contributed by atoms with Crippen molar-refractivity contribution >= 4 is 23.6 Å². The molecule has 0 aliphatic carbocycles. The van der Waals surface area contributed by atoms with E-state index in [9.17, 15) is 27.6 Å². The minimum absolute atomic E-state index is 0.157. The third kappa shape index (κ3) is 3.35. The fraction of sp³-hybridized carbons (Fsp3) is 0.545. The maximum atomic E-state index is 13.4. The smallest absolute Gasteiger partial charge is 0.417 e. The van der Waals surface area contributed by atoms with Gasteiger partial charge in [-0.15, -0.1) is 0 Å². The first-order chi connectivity index (χ1) is 15.2. The second kappa shape index (κ2) is 7.18. The van der Waals surface area contributed by atoms with E-state index in [-0.39, 0.29) is 18.2 Å². The highest BCUT2D eigenvalue weighted by atomic mass is 19.4. The highest BCUT2D eigenvalue weighted by molar-refractivity contribution is 6.23. The Morgan fingerprint density at radius 1 is 1.27 bits per heavy atom. The summed E-state index contributed by atoms with van der Waals surface area (Å²) in [6.07, 6.45) is -6.20. The predicted octanol–water partition coefficient (Wildman–Crippen LogP) is 3.14. The van der Waals surface area contributed by atoms with Crippen LogP contribution < -0.4 is 10.2 Å². The number of nitrogens with one attached hydrogen (secondary N) is 1. The van der Waals surface area contributed by atoms with Crippen LogP contribution in [0.25, 0.3) is 0 Å². The van der Waals surface area contributed by atoms with Gasteiger partial charge in [0.15, 0.2) is 0 Å². The van der Waals surface area contributed by atoms with E-state index >= 15 is 0 Å². The number of halogens is 3. The lowest BCUT2D eigenvalue weighted by Gasteiger charge is -2.34. The molecule has 3 aliphatic rings. The maximum Gasteiger partial charge on any atom is 0.417 e. The highest BCUT2D eigenvalue weighted by Gasteiger charge is 2.77. The Balaban J connectivity index is 1.70. The molecule has 11 heteroatoms. The number of amides is 3. The quantitative estimate of drug-likeness (QED) is 0.687. The highest BCUT2D eigenvalue weighted by Crippen LogP contribution is 2.61. The molecule has 0 aromatic heterocycles. The molecular weight excluding hydrogens is 443 g/mol. The summed E-state index contributed by atoms with van der Waals surface area (Å²) >= 11 is 0. The van der Waals surface area contributed by atoms with Gasteiger partial charge in [-0.05, 0) is 45.9 Å². The first kappa shape index (κ1) is 23.0. The molecule has 0 saturated carbocycles. The van der Waals surface area contributed by atoms with Gasteiger partial charge in [0.2, 0.25) is 11.8 Å². The SMILES string of the molecule is CC(C)NC(=O)OC1CC2(C)OC1(C)C1C(=O)N(c3ccc(C#N)c(C(F)(F)F)c3)C(=O)C12. The number of carbonyl (C=O) groups excluding carboxylic acids is 3. The van der Waals surface area contributed by atoms with E-state index in [0.29, 0.717) is 6.07 Å². The third-order valence-corrected chi connectivity index (χ3v) is 6.61. The van der Waals surface area contributed by atoms with Gasteiger partial charge in [-0.25, -0.2) is 9.69 Å². The van der Waals surface area contributed by atoms with Crippen molar-refractivity contribution in [3.8, 4) is 6.07 Å². The lowest BCUT2D eigenvalue weighted by molar-refractivity contribution is -0.138. The Morgan fingerprint density at radius 2 is 1.91 bits per heavy atom. The molecule has 8 nitrogen and oxygen atoms in total. The molecule has 3 fully saturated rings. The largest absolute Gasteiger partial charge is 0.443 e. The minimum Gasteiger partial charge on any atom is -0.443 e. The fourth-order valence-electron chi connectivity index (χ4n) is 5.31. The summed E-state index contributed by atoms with van der Waals surface area (Å²) in [6, 6.07) is 4.00. The lowest BCUT2D eigenvalue weighted by Crippen LogP contribution is -2.52. The number of carbonyl (C=O) groups is 3. The van der Waals surface area contributed by atoms with Crippen molar-refractivity contribution in [2.75, 3.05) is 4.90 Å². The zero-order chi connectivity index (χ0) is 24.5. The molecule has 0 radical (unpaired) electrons. The number of fused-ring (bicyclic) bond motifs is 5. The zero-order valence-corrected chi connectivity index (χ0v) is 18.3. The second-order valence-corrected chi connectivity index (χ2v) is 9.30. The number of hydrogen-bond acceptors (Lipinski definition) is 6. The summed E-state index contributed by atoms with van der Waals surface area (Å²) in [5.41, 5.74) is -4.58. The Morgan fingerprint density at radius 3 is 2.48 bits per heavy atom. The molecule has 3 saturated heterocycles. The standard InChI is InChI=1S/C22H22F3N3O5/c1-10(2)27-19(31)32-14-8-20(3)15-16(21(14,4)33-20)18(30)28(17(15)29)12-6-5-11(9-26)13(7-12)22(23,24)25/h5-7,10,14-16H,8H2,1-4H3,(H,27,31). The van der Waals surface area contributed by atoms with E-state index in [1.807, 2.05) is 0 Å². The first-order valence-corrected chi connectivity index (χ1v) is 10.4. The topological polar surface area (TPSA) is 109 Å². The van der Waals surface area contributed by atoms with Gasteiger partial charge in [-0.3, -0.25) is 9.59 Å². The van der Waals surface area contributed by atoms with Crippen LogP contribution in [0.3, 0.4) is 0 Å². The molecule has 3 amide bonds. The Bertz CT molecular complexity index is 1100. The fourth-order valence-corrected chi connectivity index (χ4v) is 5.31. The number of rotatable bonds is 3. The number of anilines is 1. The van der Waals surface area contributed by atoms with Crippen molar-refractivity contribution in [3.05, 3.63) is 29.3 Å². The number of nitriles is 1. The number of imide groups is 1. The minimum atomic E-state index is -4.84. The van der Waals surface area contributed by atoms with Gasteiger partial charge in [0.25, 0.3) is 0 Å². The van der Waals surface area contributed by atoms with Gasteiger partial charge in [-0.2, -0.15) is 18.4 Å². The maximum absolute atomic E-state index is 13.4. The number of hydrogen-bond donors (Lipinski definition) is 1. The van der Waals surface area contributed by atoms with Crippen molar-refractivity contribution in [1.82, 2.24) is 5.32 Å². The molecule has 33 heavy (non-hydrogen) atoms. The van der Waals surface area contributed by atoms with Gasteiger partial charge >= 0.3 is 12.3 Å². The molecule has 4 rings (SSSR count). The van der Waals surface area contributed by atoms with Gasteiger partial charge in [0.1, 0.15) is 11.7 Å². The third-order valence-electron chi connectivity index (χ3n) is 6.61. The Hall–Kier alpha value is -3.13. The van der Waals surface area contributed by atoms with Crippen LogP contribution in [0.15, 0.2) is 18.2 Å². The molecule has 3 aliphatic heterocycles. The lowest BCUT2D eigenvalue weighted by atomic mass is 9.67. The molecule has 1 N–H and O–H groups in total. The van der Waals surface area contributed by atoms with Crippen LogP contribution in [0.1, 0.15) is 45.2 Å². The van der Waals surface area contributed by atoms with Crippen LogP contribution in [0, 0.1) is 23.2 Å². The van der Waals surface area contributed by atoms with Crippen LogP contribution in [0.4, 0.5) is 23.7 Å². The molecule has 0 spiro atoms. The van der Waals surface area contributed by atoms with Crippen molar-refractivity contribution in [2.45, 2.75) is 63.6 Å². The monoisotopic (exact) mass is 465 g/mol. The van der Waals surface area contributed by atoms with E-state index in [0.717, 1.165) is 17.0 Å². The summed E-state index contributed by atoms with van der Waals surface area (Å²) in [4.78, 5) is 39.6. The molecule has 3 heterocycles. The molecule has 176 valence electrons. The van der Waals surface area contributed by atoms with Crippen molar-refractivity contribution < 1.29 is 37.0 Å². The number of ether oxygens (including phenoxy) is 2. The zero-order valence-electron chi connectivity index (χ0n) is 18.3. The molecule has 5 atom stereocenters. The second-order valence-electron chi connectivity index (χ2n) is 9.30.